The van der Waals surface area contributed by atoms with E-state index in [1.807, 2.05) is 42.5 Å². The summed E-state index contributed by atoms with van der Waals surface area (Å²) < 4.78 is 0. The Hall–Kier alpha value is -1.32. The summed E-state index contributed by atoms with van der Waals surface area (Å²) in [4.78, 5) is 11.4. The van der Waals surface area contributed by atoms with Gasteiger partial charge >= 0.3 is 0 Å². The number of nitrogens with one attached hydrogen (secondary N) is 1. The first-order valence-electron chi connectivity index (χ1n) is 5.96. The molecule has 1 amide bonds. The summed E-state index contributed by atoms with van der Waals surface area (Å²) in [5, 5.41) is 3.46. The Morgan fingerprint density at radius 2 is 1.95 bits per heavy atom. The molecule has 1 unspecified atom stereocenters. The zero-order chi connectivity index (χ0) is 13.4. The number of halogens is 2. The maximum Gasteiger partial charge on any atom is 0.228 e. The van der Waals surface area contributed by atoms with Gasteiger partial charge in [-0.15, -0.1) is 0 Å². The molecule has 2 aromatic carbocycles. The van der Waals surface area contributed by atoms with Crippen molar-refractivity contribution in [3.8, 4) is 0 Å². The average molecular weight is 337 g/mol. The number of carbonyl (C=O) groups excluding carboxylic acids is 1. The van der Waals surface area contributed by atoms with Gasteiger partial charge in [-0.25, -0.2) is 0 Å². The molecule has 2 aromatic rings. The van der Waals surface area contributed by atoms with E-state index in [1.165, 1.54) is 0 Å². The Bertz CT molecular complexity index is 642. The van der Waals surface area contributed by atoms with Crippen LogP contribution in [0.5, 0.6) is 0 Å². The van der Waals surface area contributed by atoms with Crippen LogP contribution in [0.4, 0.5) is 5.69 Å². The smallest absolute Gasteiger partial charge is 0.228 e. The summed E-state index contributed by atoms with van der Waals surface area (Å²) in [6.07, 6.45) is 0.425. The normalized spacial score (nSPS) is 14.9. The van der Waals surface area contributed by atoms with Crippen molar-refractivity contribution in [3.05, 3.63) is 64.2 Å². The van der Waals surface area contributed by atoms with Crippen LogP contribution < -0.4 is 5.32 Å². The summed E-state index contributed by atoms with van der Waals surface area (Å²) in [7, 11) is 0. The van der Waals surface area contributed by atoms with Crippen molar-refractivity contribution in [1.29, 1.82) is 0 Å². The minimum atomic E-state index is 0.0223. The van der Waals surface area contributed by atoms with Crippen LogP contribution in [0.25, 0.3) is 0 Å². The number of carbonyl (C=O) groups is 1. The molecule has 0 aliphatic carbocycles. The summed E-state index contributed by atoms with van der Waals surface area (Å²) in [5.74, 6) is 0.0223. The largest absolute Gasteiger partial charge is 0.325 e. The number of hydrogen-bond acceptors (Lipinski definition) is 1. The molecule has 0 saturated carbocycles. The van der Waals surface area contributed by atoms with E-state index in [0.29, 0.717) is 11.4 Å². The van der Waals surface area contributed by atoms with Crippen molar-refractivity contribution in [2.75, 3.05) is 5.32 Å². The second-order valence-corrected chi connectivity index (χ2v) is 5.85. The van der Waals surface area contributed by atoms with Crippen LogP contribution in [0, 0.1) is 0 Å². The van der Waals surface area contributed by atoms with Gasteiger partial charge in [0.15, 0.2) is 0 Å². The zero-order valence-corrected chi connectivity index (χ0v) is 12.3. The molecule has 0 aromatic heterocycles. The van der Waals surface area contributed by atoms with Gasteiger partial charge in [-0.1, -0.05) is 63.9 Å². The van der Waals surface area contributed by atoms with Gasteiger partial charge in [0.1, 0.15) is 0 Å². The third-order valence-corrected chi connectivity index (χ3v) is 4.56. The van der Waals surface area contributed by atoms with Crippen molar-refractivity contribution >= 4 is 39.1 Å². The first kappa shape index (κ1) is 12.7. The van der Waals surface area contributed by atoms with Crippen molar-refractivity contribution < 1.29 is 4.79 Å². The fourth-order valence-electron chi connectivity index (χ4n) is 2.26. The van der Waals surface area contributed by atoms with E-state index in [0.717, 1.165) is 22.4 Å². The van der Waals surface area contributed by atoms with E-state index in [1.54, 1.807) is 0 Å². The number of hydrogen-bond donors (Lipinski definition) is 1. The standard InChI is InChI=1S/C15H11BrClNO/c16-15(9-4-2-1-3-5-9)11-6-10-7-14(19)18-13(10)8-12(11)17/h1-6,8,15H,7H2,(H,18,19). The lowest BCUT2D eigenvalue weighted by molar-refractivity contribution is -0.115. The number of amides is 1. The van der Waals surface area contributed by atoms with E-state index in [-0.39, 0.29) is 10.7 Å². The predicted octanol–water partition coefficient (Wildman–Crippen LogP) is 4.32. The lowest BCUT2D eigenvalue weighted by atomic mass is 10.0. The lowest BCUT2D eigenvalue weighted by Crippen LogP contribution is -2.03. The molecule has 1 N–H and O–H groups in total. The molecule has 1 aliphatic heterocycles. The van der Waals surface area contributed by atoms with Gasteiger partial charge in [0, 0.05) is 10.7 Å². The molecule has 0 bridgehead atoms. The first-order valence-corrected chi connectivity index (χ1v) is 7.25. The van der Waals surface area contributed by atoms with Crippen molar-refractivity contribution in [3.63, 3.8) is 0 Å². The van der Waals surface area contributed by atoms with Gasteiger partial charge in [-0.05, 0) is 22.8 Å². The van der Waals surface area contributed by atoms with Gasteiger partial charge < -0.3 is 5.32 Å². The van der Waals surface area contributed by atoms with Crippen LogP contribution in [0.2, 0.25) is 5.02 Å². The molecule has 2 nitrogen and oxygen atoms in total. The Balaban J connectivity index is 2.02. The molecule has 1 atom stereocenters. The van der Waals surface area contributed by atoms with E-state index in [2.05, 4.69) is 21.2 Å². The molecule has 0 saturated heterocycles. The molecule has 0 radical (unpaired) electrons. The minimum absolute atomic E-state index is 0.0223. The molecular weight excluding hydrogens is 326 g/mol. The third kappa shape index (κ3) is 2.40. The number of benzene rings is 2. The van der Waals surface area contributed by atoms with Crippen molar-refractivity contribution in [2.45, 2.75) is 11.2 Å². The zero-order valence-electron chi connectivity index (χ0n) is 9.99. The van der Waals surface area contributed by atoms with Crippen LogP contribution in [-0.2, 0) is 11.2 Å². The van der Waals surface area contributed by atoms with Gasteiger partial charge in [-0.3, -0.25) is 4.79 Å². The maximum absolute atomic E-state index is 11.4. The molecule has 96 valence electrons. The Morgan fingerprint density at radius 1 is 1.21 bits per heavy atom. The molecule has 0 spiro atoms. The molecular formula is C15H11BrClNO. The van der Waals surface area contributed by atoms with E-state index < -0.39 is 0 Å². The topological polar surface area (TPSA) is 29.1 Å². The highest BCUT2D eigenvalue weighted by Gasteiger charge is 2.22. The molecule has 3 rings (SSSR count). The van der Waals surface area contributed by atoms with Crippen LogP contribution in [0.1, 0.15) is 21.5 Å². The predicted molar refractivity (Wildman–Crippen MR) is 81.0 cm³/mol. The summed E-state index contributed by atoms with van der Waals surface area (Å²) in [6, 6.07) is 13.9. The highest BCUT2D eigenvalue weighted by molar-refractivity contribution is 9.09. The highest BCUT2D eigenvalue weighted by Crippen LogP contribution is 2.39. The summed E-state index contributed by atoms with van der Waals surface area (Å²) >= 11 is 10.00. The number of alkyl halides is 1. The van der Waals surface area contributed by atoms with E-state index >= 15 is 0 Å². The second-order valence-electron chi connectivity index (χ2n) is 4.53. The molecule has 19 heavy (non-hydrogen) atoms. The lowest BCUT2D eigenvalue weighted by Gasteiger charge is -2.14. The van der Waals surface area contributed by atoms with Gasteiger partial charge in [0.25, 0.3) is 0 Å². The molecule has 1 heterocycles. The minimum Gasteiger partial charge on any atom is -0.325 e. The molecule has 1 aliphatic rings. The monoisotopic (exact) mass is 335 g/mol. The Morgan fingerprint density at radius 3 is 2.68 bits per heavy atom. The Kier molecular flexibility index (Phi) is 3.33. The quantitative estimate of drug-likeness (QED) is 0.813. The highest BCUT2D eigenvalue weighted by atomic mass is 79.9. The fraction of sp³-hybridized carbons (Fsp3) is 0.133. The molecule has 0 fully saturated rings. The SMILES string of the molecule is O=C1Cc2cc(C(Br)c3ccccc3)c(Cl)cc2N1. The second kappa shape index (κ2) is 4.99. The number of anilines is 1. The van der Waals surface area contributed by atoms with Crippen LogP contribution in [0.3, 0.4) is 0 Å². The van der Waals surface area contributed by atoms with Gasteiger partial charge in [0.05, 0.1) is 11.2 Å². The van der Waals surface area contributed by atoms with Gasteiger partial charge in [-0.2, -0.15) is 0 Å². The van der Waals surface area contributed by atoms with Crippen LogP contribution in [0.15, 0.2) is 42.5 Å². The summed E-state index contributed by atoms with van der Waals surface area (Å²) in [5.41, 5.74) is 3.96. The van der Waals surface area contributed by atoms with Crippen LogP contribution in [-0.4, -0.2) is 5.91 Å². The summed E-state index contributed by atoms with van der Waals surface area (Å²) in [6.45, 7) is 0. The third-order valence-electron chi connectivity index (χ3n) is 3.21. The van der Waals surface area contributed by atoms with Crippen molar-refractivity contribution in [2.24, 2.45) is 0 Å². The fourth-order valence-corrected chi connectivity index (χ4v) is 3.35. The number of fused-ring (bicyclic) bond motifs is 1. The Labute approximate surface area is 124 Å². The first-order chi connectivity index (χ1) is 9.15. The van der Waals surface area contributed by atoms with Crippen molar-refractivity contribution in [1.82, 2.24) is 0 Å². The van der Waals surface area contributed by atoms with Gasteiger partial charge in [0.2, 0.25) is 5.91 Å². The number of rotatable bonds is 2. The van der Waals surface area contributed by atoms with E-state index in [4.69, 9.17) is 11.6 Å². The molecule has 4 heteroatoms. The average Bonchev–Trinajstić information content (AvgIpc) is 2.77. The van der Waals surface area contributed by atoms with Crippen LogP contribution >= 0.6 is 27.5 Å². The maximum atomic E-state index is 11.4. The van der Waals surface area contributed by atoms with E-state index in [9.17, 15) is 4.79 Å².